The smallest absolute Gasteiger partial charge is 0.0148 e. The van der Waals surface area contributed by atoms with E-state index in [0.717, 1.165) is 23.9 Å². The van der Waals surface area contributed by atoms with E-state index >= 15 is 0 Å². The minimum atomic E-state index is 0.776. The van der Waals surface area contributed by atoms with Gasteiger partial charge in [-0.25, -0.2) is 0 Å². The molecule has 0 aromatic rings. The summed E-state index contributed by atoms with van der Waals surface area (Å²) in [6.07, 6.45) is 3.91. The van der Waals surface area contributed by atoms with Gasteiger partial charge in [-0.15, -0.1) is 0 Å². The quantitative estimate of drug-likeness (QED) is 0.767. The van der Waals surface area contributed by atoms with Crippen LogP contribution in [0.3, 0.4) is 0 Å². The molecular weight excluding hydrogens is 208 g/mol. The summed E-state index contributed by atoms with van der Waals surface area (Å²) < 4.78 is 0. The zero-order valence-electron chi connectivity index (χ0n) is 12.5. The average Bonchev–Trinajstić information content (AvgIpc) is 2.29. The van der Waals surface area contributed by atoms with Gasteiger partial charge in [0.2, 0.25) is 0 Å². The highest BCUT2D eigenvalue weighted by atomic mass is 15.2. The Labute approximate surface area is 108 Å². The second kappa shape index (κ2) is 7.38. The zero-order chi connectivity index (χ0) is 12.8. The normalized spacial score (nSPS) is 26.1. The Morgan fingerprint density at radius 1 is 1.24 bits per heavy atom. The summed E-state index contributed by atoms with van der Waals surface area (Å²) >= 11 is 0. The van der Waals surface area contributed by atoms with Crippen LogP contribution in [0.5, 0.6) is 0 Å². The Kier molecular flexibility index (Phi) is 6.50. The molecule has 1 aliphatic rings. The molecule has 0 amide bonds. The van der Waals surface area contributed by atoms with Crippen LogP contribution < -0.4 is 5.32 Å². The molecule has 17 heavy (non-hydrogen) atoms. The van der Waals surface area contributed by atoms with Crippen LogP contribution in [0.2, 0.25) is 0 Å². The third-order valence-corrected chi connectivity index (χ3v) is 4.15. The molecule has 2 unspecified atom stereocenters. The van der Waals surface area contributed by atoms with Gasteiger partial charge >= 0.3 is 0 Å². The van der Waals surface area contributed by atoms with Crippen molar-refractivity contribution in [3.63, 3.8) is 0 Å². The van der Waals surface area contributed by atoms with Gasteiger partial charge in [-0.2, -0.15) is 0 Å². The lowest BCUT2D eigenvalue weighted by Gasteiger charge is -2.44. The van der Waals surface area contributed by atoms with Gasteiger partial charge in [0, 0.05) is 18.6 Å². The minimum Gasteiger partial charge on any atom is -0.316 e. The molecule has 0 bridgehead atoms. The van der Waals surface area contributed by atoms with Crippen LogP contribution >= 0.6 is 0 Å². The molecule has 1 heterocycles. The zero-order valence-corrected chi connectivity index (χ0v) is 12.5. The Balaban J connectivity index is 2.72. The van der Waals surface area contributed by atoms with Crippen molar-refractivity contribution in [3.8, 4) is 0 Å². The molecule has 1 aliphatic heterocycles. The predicted molar refractivity (Wildman–Crippen MR) is 76.4 cm³/mol. The molecule has 0 aromatic carbocycles. The standard InChI is InChI=1S/C15H32N2/c1-6-14(7-2)17(11-12(3)4)15-8-9-16-10-13(15)5/h12-16H,6-11H2,1-5H3. The first-order valence-electron chi connectivity index (χ1n) is 7.56. The van der Waals surface area contributed by atoms with E-state index in [-0.39, 0.29) is 0 Å². The summed E-state index contributed by atoms with van der Waals surface area (Å²) in [5.41, 5.74) is 0. The van der Waals surface area contributed by atoms with Crippen LogP contribution in [0.1, 0.15) is 53.9 Å². The predicted octanol–water partition coefficient (Wildman–Crippen LogP) is 3.13. The first kappa shape index (κ1) is 15.0. The number of hydrogen-bond acceptors (Lipinski definition) is 2. The van der Waals surface area contributed by atoms with E-state index in [4.69, 9.17) is 0 Å². The molecule has 0 spiro atoms. The maximum absolute atomic E-state index is 3.52. The van der Waals surface area contributed by atoms with Gasteiger partial charge in [0.1, 0.15) is 0 Å². The number of nitrogens with one attached hydrogen (secondary N) is 1. The van der Waals surface area contributed by atoms with Crippen molar-refractivity contribution in [1.29, 1.82) is 0 Å². The van der Waals surface area contributed by atoms with Gasteiger partial charge in [0.25, 0.3) is 0 Å². The van der Waals surface area contributed by atoms with Gasteiger partial charge in [0.05, 0.1) is 0 Å². The molecule has 0 saturated carbocycles. The lowest BCUT2D eigenvalue weighted by molar-refractivity contribution is 0.0595. The maximum atomic E-state index is 3.52. The summed E-state index contributed by atoms with van der Waals surface area (Å²) in [6.45, 7) is 15.4. The van der Waals surface area contributed by atoms with Crippen molar-refractivity contribution in [1.82, 2.24) is 10.2 Å². The lowest BCUT2D eigenvalue weighted by atomic mass is 9.90. The van der Waals surface area contributed by atoms with Crippen molar-refractivity contribution in [2.75, 3.05) is 19.6 Å². The van der Waals surface area contributed by atoms with E-state index < -0.39 is 0 Å². The third kappa shape index (κ3) is 4.26. The van der Waals surface area contributed by atoms with E-state index in [0.29, 0.717) is 0 Å². The molecule has 0 aromatic heterocycles. The molecular formula is C15H32N2. The van der Waals surface area contributed by atoms with Gasteiger partial charge < -0.3 is 5.32 Å². The highest BCUT2D eigenvalue weighted by Crippen LogP contribution is 2.24. The van der Waals surface area contributed by atoms with Gasteiger partial charge in [-0.1, -0.05) is 34.6 Å². The van der Waals surface area contributed by atoms with E-state index in [2.05, 4.69) is 44.8 Å². The first-order valence-corrected chi connectivity index (χ1v) is 7.56. The molecule has 1 saturated heterocycles. The maximum Gasteiger partial charge on any atom is 0.0148 e. The molecule has 0 radical (unpaired) electrons. The topological polar surface area (TPSA) is 15.3 Å². The lowest BCUT2D eigenvalue weighted by Crippen LogP contribution is -2.53. The van der Waals surface area contributed by atoms with Crippen LogP contribution in [0.15, 0.2) is 0 Å². The van der Waals surface area contributed by atoms with Crippen molar-refractivity contribution >= 4 is 0 Å². The number of piperidine rings is 1. The Morgan fingerprint density at radius 3 is 2.35 bits per heavy atom. The van der Waals surface area contributed by atoms with E-state index in [1.165, 1.54) is 38.9 Å². The van der Waals surface area contributed by atoms with Crippen LogP contribution in [-0.2, 0) is 0 Å². The monoisotopic (exact) mass is 240 g/mol. The number of nitrogens with zero attached hydrogens (tertiary/aromatic N) is 1. The molecule has 1 rings (SSSR count). The Hall–Kier alpha value is -0.0800. The van der Waals surface area contributed by atoms with Gasteiger partial charge in [-0.05, 0) is 44.2 Å². The molecule has 0 aliphatic carbocycles. The van der Waals surface area contributed by atoms with E-state index in [9.17, 15) is 0 Å². The minimum absolute atomic E-state index is 0.776. The Bertz CT molecular complexity index is 199. The molecule has 2 atom stereocenters. The highest BCUT2D eigenvalue weighted by molar-refractivity contribution is 4.86. The molecule has 1 fully saturated rings. The largest absolute Gasteiger partial charge is 0.316 e. The fourth-order valence-electron chi connectivity index (χ4n) is 3.23. The van der Waals surface area contributed by atoms with Crippen LogP contribution in [0.25, 0.3) is 0 Å². The molecule has 2 nitrogen and oxygen atoms in total. The highest BCUT2D eigenvalue weighted by Gasteiger charge is 2.30. The van der Waals surface area contributed by atoms with Crippen LogP contribution in [0, 0.1) is 11.8 Å². The van der Waals surface area contributed by atoms with Crippen molar-refractivity contribution < 1.29 is 0 Å². The second-order valence-corrected chi connectivity index (χ2v) is 6.10. The molecule has 2 heteroatoms. The second-order valence-electron chi connectivity index (χ2n) is 6.10. The fourth-order valence-corrected chi connectivity index (χ4v) is 3.23. The fraction of sp³-hybridized carbons (Fsp3) is 1.00. The summed E-state index contributed by atoms with van der Waals surface area (Å²) in [5.74, 6) is 1.57. The van der Waals surface area contributed by atoms with Crippen LogP contribution in [0.4, 0.5) is 0 Å². The van der Waals surface area contributed by atoms with Crippen molar-refractivity contribution in [2.24, 2.45) is 11.8 Å². The van der Waals surface area contributed by atoms with Gasteiger partial charge in [-0.3, -0.25) is 4.90 Å². The average molecular weight is 240 g/mol. The summed E-state index contributed by atoms with van der Waals surface area (Å²) in [7, 11) is 0. The SMILES string of the molecule is CCC(CC)N(CC(C)C)C1CCNCC1C. The molecule has 1 N–H and O–H groups in total. The Morgan fingerprint density at radius 2 is 1.88 bits per heavy atom. The van der Waals surface area contributed by atoms with Gasteiger partial charge in [0.15, 0.2) is 0 Å². The summed E-state index contributed by atoms with van der Waals surface area (Å²) in [4.78, 5) is 2.82. The van der Waals surface area contributed by atoms with Crippen molar-refractivity contribution in [3.05, 3.63) is 0 Å². The van der Waals surface area contributed by atoms with E-state index in [1.54, 1.807) is 0 Å². The summed E-state index contributed by atoms with van der Waals surface area (Å²) in [5, 5.41) is 3.52. The van der Waals surface area contributed by atoms with Crippen molar-refractivity contribution in [2.45, 2.75) is 66.0 Å². The van der Waals surface area contributed by atoms with E-state index in [1.807, 2.05) is 0 Å². The summed E-state index contributed by atoms with van der Waals surface area (Å²) in [6, 6.07) is 1.58. The first-order chi connectivity index (χ1) is 8.10. The molecule has 102 valence electrons. The van der Waals surface area contributed by atoms with Crippen LogP contribution in [-0.4, -0.2) is 36.6 Å². The number of hydrogen-bond donors (Lipinski definition) is 1. The third-order valence-electron chi connectivity index (χ3n) is 4.15. The number of rotatable bonds is 6.